The van der Waals surface area contributed by atoms with Gasteiger partial charge in [0.15, 0.2) is 0 Å². The minimum absolute atomic E-state index is 0.0457. The fourth-order valence-electron chi connectivity index (χ4n) is 2.71. The van der Waals surface area contributed by atoms with Crippen LogP contribution >= 0.6 is 0 Å². The van der Waals surface area contributed by atoms with Crippen molar-refractivity contribution in [3.8, 4) is 0 Å². The van der Waals surface area contributed by atoms with Gasteiger partial charge in [-0.2, -0.15) is 0 Å². The van der Waals surface area contributed by atoms with E-state index >= 15 is 0 Å². The highest BCUT2D eigenvalue weighted by Gasteiger charge is 2.21. The molecule has 0 atom stereocenters. The Morgan fingerprint density at radius 1 is 1.38 bits per heavy atom. The number of rotatable bonds is 5. The number of aryl methyl sites for hydroxylation is 1. The van der Waals surface area contributed by atoms with Gasteiger partial charge in [0.1, 0.15) is 0 Å². The third kappa shape index (κ3) is 4.79. The van der Waals surface area contributed by atoms with Gasteiger partial charge in [0.05, 0.1) is 18.4 Å². The molecule has 0 saturated carbocycles. The van der Waals surface area contributed by atoms with E-state index in [0.29, 0.717) is 12.6 Å². The summed E-state index contributed by atoms with van der Waals surface area (Å²) in [5.74, 6) is 0.0457. The smallest absolute Gasteiger partial charge is 0.238 e. The summed E-state index contributed by atoms with van der Waals surface area (Å²) >= 11 is 0. The summed E-state index contributed by atoms with van der Waals surface area (Å²) in [6, 6.07) is 4.52. The molecular formula is C16H26N4O. The van der Waals surface area contributed by atoms with E-state index in [1.54, 1.807) is 6.20 Å². The zero-order valence-corrected chi connectivity index (χ0v) is 13.3. The third-order valence-electron chi connectivity index (χ3n) is 4.13. The van der Waals surface area contributed by atoms with Crippen molar-refractivity contribution in [3.05, 3.63) is 24.0 Å². The summed E-state index contributed by atoms with van der Waals surface area (Å²) in [7, 11) is 4.25. The summed E-state index contributed by atoms with van der Waals surface area (Å²) in [5.41, 5.74) is 1.82. The van der Waals surface area contributed by atoms with E-state index in [1.165, 1.54) is 0 Å². The van der Waals surface area contributed by atoms with Gasteiger partial charge in [-0.1, -0.05) is 6.92 Å². The molecule has 1 aromatic heterocycles. The van der Waals surface area contributed by atoms with Crippen molar-refractivity contribution in [2.45, 2.75) is 32.2 Å². The number of nitrogens with one attached hydrogen (secondary N) is 1. The monoisotopic (exact) mass is 290 g/mol. The summed E-state index contributed by atoms with van der Waals surface area (Å²) < 4.78 is 0. The van der Waals surface area contributed by atoms with Crippen molar-refractivity contribution in [2.75, 3.05) is 39.0 Å². The zero-order valence-electron chi connectivity index (χ0n) is 13.3. The standard InChI is InChI=1S/C16H26N4O/c1-4-13-5-6-14(11-17-13)18-16(21)12-20-9-7-15(8-10-20)19(2)3/h5-6,11,15H,4,7-10,12H2,1-3H3,(H,18,21). The molecule has 0 aliphatic carbocycles. The number of aromatic nitrogens is 1. The molecule has 0 bridgehead atoms. The van der Waals surface area contributed by atoms with E-state index in [-0.39, 0.29) is 5.91 Å². The van der Waals surface area contributed by atoms with Crippen LogP contribution in [0.3, 0.4) is 0 Å². The van der Waals surface area contributed by atoms with Crippen molar-refractivity contribution in [1.82, 2.24) is 14.8 Å². The molecule has 1 aromatic rings. The van der Waals surface area contributed by atoms with Gasteiger partial charge in [-0.05, 0) is 45.5 Å². The Bertz CT molecular complexity index is 450. The molecule has 1 saturated heterocycles. The van der Waals surface area contributed by atoms with Crippen molar-refractivity contribution in [3.63, 3.8) is 0 Å². The van der Waals surface area contributed by atoms with Crippen LogP contribution in [-0.4, -0.2) is 60.5 Å². The number of nitrogens with zero attached hydrogens (tertiary/aromatic N) is 3. The Hall–Kier alpha value is -1.46. The highest BCUT2D eigenvalue weighted by molar-refractivity contribution is 5.92. The molecule has 0 radical (unpaired) electrons. The normalized spacial score (nSPS) is 17.1. The maximum atomic E-state index is 12.1. The Morgan fingerprint density at radius 2 is 2.10 bits per heavy atom. The number of likely N-dealkylation sites (tertiary alicyclic amines) is 1. The molecule has 1 aliphatic heterocycles. The molecule has 116 valence electrons. The first-order valence-electron chi connectivity index (χ1n) is 7.72. The maximum Gasteiger partial charge on any atom is 0.238 e. The summed E-state index contributed by atoms with van der Waals surface area (Å²) in [4.78, 5) is 20.9. The van der Waals surface area contributed by atoms with Gasteiger partial charge in [-0.15, -0.1) is 0 Å². The van der Waals surface area contributed by atoms with Crippen molar-refractivity contribution in [1.29, 1.82) is 0 Å². The van der Waals surface area contributed by atoms with Gasteiger partial charge >= 0.3 is 0 Å². The quantitative estimate of drug-likeness (QED) is 0.895. The second kappa shape index (κ2) is 7.52. The Morgan fingerprint density at radius 3 is 2.62 bits per heavy atom. The molecule has 21 heavy (non-hydrogen) atoms. The third-order valence-corrected chi connectivity index (χ3v) is 4.13. The maximum absolute atomic E-state index is 12.1. The van der Waals surface area contributed by atoms with Gasteiger partial charge in [-0.25, -0.2) is 0 Å². The fraction of sp³-hybridized carbons (Fsp3) is 0.625. The van der Waals surface area contributed by atoms with Crippen molar-refractivity contribution < 1.29 is 4.79 Å². The number of amides is 1. The van der Waals surface area contributed by atoms with Gasteiger partial charge in [0, 0.05) is 24.8 Å². The number of hydrogen-bond donors (Lipinski definition) is 1. The fourth-order valence-corrected chi connectivity index (χ4v) is 2.71. The molecule has 2 rings (SSSR count). The van der Waals surface area contributed by atoms with Crippen molar-refractivity contribution >= 4 is 11.6 Å². The molecule has 1 amide bonds. The first-order valence-corrected chi connectivity index (χ1v) is 7.72. The van der Waals surface area contributed by atoms with Crippen LogP contribution in [0.1, 0.15) is 25.5 Å². The van der Waals surface area contributed by atoms with E-state index in [1.807, 2.05) is 12.1 Å². The number of pyridine rings is 1. The lowest BCUT2D eigenvalue weighted by Gasteiger charge is -2.34. The molecule has 0 unspecified atom stereocenters. The highest BCUT2D eigenvalue weighted by Crippen LogP contribution is 2.14. The van der Waals surface area contributed by atoms with E-state index in [4.69, 9.17) is 0 Å². The van der Waals surface area contributed by atoms with Crippen LogP contribution < -0.4 is 5.32 Å². The zero-order chi connectivity index (χ0) is 15.2. The minimum atomic E-state index is 0.0457. The predicted molar refractivity (Wildman–Crippen MR) is 85.4 cm³/mol. The molecule has 0 spiro atoms. The van der Waals surface area contributed by atoms with Crippen LogP contribution in [0.25, 0.3) is 0 Å². The lowest BCUT2D eigenvalue weighted by molar-refractivity contribution is -0.117. The van der Waals surface area contributed by atoms with Gasteiger partial charge < -0.3 is 10.2 Å². The molecule has 2 heterocycles. The average molecular weight is 290 g/mol. The van der Waals surface area contributed by atoms with Crippen LogP contribution in [0.4, 0.5) is 5.69 Å². The summed E-state index contributed by atoms with van der Waals surface area (Å²) in [5, 5.41) is 2.92. The Balaban J connectivity index is 1.77. The molecule has 1 fully saturated rings. The largest absolute Gasteiger partial charge is 0.324 e. The molecule has 1 aliphatic rings. The van der Waals surface area contributed by atoms with Crippen molar-refractivity contribution in [2.24, 2.45) is 0 Å². The second-order valence-corrected chi connectivity index (χ2v) is 5.91. The first-order chi connectivity index (χ1) is 10.1. The van der Waals surface area contributed by atoms with Crippen LogP contribution in [0.2, 0.25) is 0 Å². The molecule has 1 N–H and O–H groups in total. The van der Waals surface area contributed by atoms with E-state index in [0.717, 1.165) is 43.7 Å². The van der Waals surface area contributed by atoms with Crippen LogP contribution in [0, 0.1) is 0 Å². The number of piperidine rings is 1. The number of anilines is 1. The Kier molecular flexibility index (Phi) is 5.70. The minimum Gasteiger partial charge on any atom is -0.324 e. The highest BCUT2D eigenvalue weighted by atomic mass is 16.2. The second-order valence-electron chi connectivity index (χ2n) is 5.91. The number of carbonyl (C=O) groups excluding carboxylic acids is 1. The van der Waals surface area contributed by atoms with Gasteiger partial charge in [0.2, 0.25) is 5.91 Å². The van der Waals surface area contributed by atoms with Gasteiger partial charge in [-0.3, -0.25) is 14.7 Å². The number of carbonyl (C=O) groups is 1. The summed E-state index contributed by atoms with van der Waals surface area (Å²) in [6.07, 6.45) is 4.91. The molecular weight excluding hydrogens is 264 g/mol. The van der Waals surface area contributed by atoms with E-state index in [9.17, 15) is 4.79 Å². The lowest BCUT2D eigenvalue weighted by Crippen LogP contribution is -2.44. The van der Waals surface area contributed by atoms with E-state index in [2.05, 4.69) is 41.1 Å². The topological polar surface area (TPSA) is 48.5 Å². The molecule has 0 aromatic carbocycles. The average Bonchev–Trinajstić information content (AvgIpc) is 2.48. The molecule has 5 nitrogen and oxygen atoms in total. The first kappa shape index (κ1) is 15.9. The SMILES string of the molecule is CCc1ccc(NC(=O)CN2CCC(N(C)C)CC2)cn1. The number of hydrogen-bond acceptors (Lipinski definition) is 4. The summed E-state index contributed by atoms with van der Waals surface area (Å²) in [6.45, 7) is 4.51. The lowest BCUT2D eigenvalue weighted by atomic mass is 10.0. The predicted octanol–water partition coefficient (Wildman–Crippen LogP) is 1.61. The Labute approximate surface area is 127 Å². The molecule has 5 heteroatoms. The van der Waals surface area contributed by atoms with Crippen LogP contribution in [0.5, 0.6) is 0 Å². The van der Waals surface area contributed by atoms with Crippen LogP contribution in [0.15, 0.2) is 18.3 Å². The van der Waals surface area contributed by atoms with Gasteiger partial charge in [0.25, 0.3) is 0 Å². The van der Waals surface area contributed by atoms with Crippen LogP contribution in [-0.2, 0) is 11.2 Å². The van der Waals surface area contributed by atoms with E-state index < -0.39 is 0 Å².